The first-order chi connectivity index (χ1) is 12.2. The highest BCUT2D eigenvalue weighted by atomic mass is 32.1. The van der Waals surface area contributed by atoms with Crippen molar-refractivity contribution in [1.29, 1.82) is 0 Å². The van der Waals surface area contributed by atoms with Gasteiger partial charge >= 0.3 is 0 Å². The van der Waals surface area contributed by atoms with Crippen LogP contribution in [-0.2, 0) is 10.2 Å². The molecule has 0 bridgehead atoms. The van der Waals surface area contributed by atoms with Gasteiger partial charge in [-0.15, -0.1) is 0 Å². The number of hydrogen-bond donors (Lipinski definition) is 1. The molecule has 5 heteroatoms. The van der Waals surface area contributed by atoms with Gasteiger partial charge in [-0.1, -0.05) is 72.0 Å². The fourth-order valence-electron chi connectivity index (χ4n) is 2.91. The van der Waals surface area contributed by atoms with Crippen LogP contribution in [0.25, 0.3) is 0 Å². The van der Waals surface area contributed by atoms with Crippen LogP contribution in [0.3, 0.4) is 0 Å². The van der Waals surface area contributed by atoms with Gasteiger partial charge in [0.05, 0.1) is 16.5 Å². The molecule has 2 aromatic carbocycles. The van der Waals surface area contributed by atoms with Crippen LogP contribution in [-0.4, -0.2) is 16.7 Å². The number of hydrogen-bond acceptors (Lipinski definition) is 4. The first kappa shape index (κ1) is 15.7. The Morgan fingerprint density at radius 1 is 0.960 bits per heavy atom. The quantitative estimate of drug-likeness (QED) is 0.708. The van der Waals surface area contributed by atoms with E-state index in [4.69, 9.17) is 0 Å². The molecule has 0 spiro atoms. The van der Waals surface area contributed by atoms with E-state index in [9.17, 15) is 9.59 Å². The Labute approximate surface area is 149 Å². The van der Waals surface area contributed by atoms with E-state index < -0.39 is 5.41 Å². The van der Waals surface area contributed by atoms with Crippen LogP contribution in [0.2, 0.25) is 0 Å². The lowest BCUT2D eigenvalue weighted by Gasteiger charge is -2.14. The number of nitrogens with one attached hydrogen (secondary N) is 1. The normalized spacial score (nSPS) is 14.7. The number of carbonyl (C=O) groups is 2. The minimum absolute atomic E-state index is 0.0493. The summed E-state index contributed by atoms with van der Waals surface area (Å²) in [7, 11) is 0. The highest BCUT2D eigenvalue weighted by Gasteiger charge is 2.51. The summed E-state index contributed by atoms with van der Waals surface area (Å²) in [6.07, 6.45) is 3.20. The summed E-state index contributed by atoms with van der Waals surface area (Å²) in [5.74, 6) is -0.130. The molecule has 0 radical (unpaired) electrons. The summed E-state index contributed by atoms with van der Waals surface area (Å²) in [5.41, 5.74) is 1.20. The first-order valence-corrected chi connectivity index (χ1v) is 8.93. The smallest absolute Gasteiger partial charge is 0.236 e. The summed E-state index contributed by atoms with van der Waals surface area (Å²) in [6, 6.07) is 18.9. The van der Waals surface area contributed by atoms with Crippen molar-refractivity contribution in [2.75, 3.05) is 5.32 Å². The molecule has 1 heterocycles. The summed E-state index contributed by atoms with van der Waals surface area (Å²) in [4.78, 5) is 29.9. The van der Waals surface area contributed by atoms with E-state index in [-0.39, 0.29) is 11.7 Å². The molecule has 1 aromatic heterocycles. The fraction of sp³-hybridized carbons (Fsp3) is 0.150. The maximum Gasteiger partial charge on any atom is 0.236 e. The van der Waals surface area contributed by atoms with Gasteiger partial charge in [0.25, 0.3) is 0 Å². The predicted octanol–water partition coefficient (Wildman–Crippen LogP) is 4.04. The minimum Gasteiger partial charge on any atom is -0.301 e. The van der Waals surface area contributed by atoms with Crippen molar-refractivity contribution in [3.8, 4) is 0 Å². The zero-order valence-electron chi connectivity index (χ0n) is 13.4. The molecular formula is C20H16N2O2S. The van der Waals surface area contributed by atoms with Crippen LogP contribution in [0.4, 0.5) is 5.13 Å². The van der Waals surface area contributed by atoms with Crippen LogP contribution in [0.5, 0.6) is 0 Å². The molecule has 1 fully saturated rings. The van der Waals surface area contributed by atoms with Gasteiger partial charge in [0, 0.05) is 5.56 Å². The van der Waals surface area contributed by atoms with Crippen LogP contribution in [0, 0.1) is 0 Å². The number of ketones is 1. The van der Waals surface area contributed by atoms with E-state index in [0.29, 0.717) is 15.6 Å². The first-order valence-electron chi connectivity index (χ1n) is 8.12. The van der Waals surface area contributed by atoms with Gasteiger partial charge in [-0.3, -0.25) is 9.59 Å². The molecule has 0 unspecified atom stereocenters. The van der Waals surface area contributed by atoms with Gasteiger partial charge in [-0.05, 0) is 18.4 Å². The number of amides is 1. The van der Waals surface area contributed by atoms with Crippen molar-refractivity contribution in [3.63, 3.8) is 0 Å². The van der Waals surface area contributed by atoms with Crippen molar-refractivity contribution in [3.05, 3.63) is 82.9 Å². The predicted molar refractivity (Wildman–Crippen MR) is 98.0 cm³/mol. The number of aromatic nitrogens is 1. The molecule has 25 heavy (non-hydrogen) atoms. The number of anilines is 1. The minimum atomic E-state index is -0.448. The van der Waals surface area contributed by atoms with E-state index in [1.54, 1.807) is 12.1 Å². The Kier molecular flexibility index (Phi) is 3.93. The summed E-state index contributed by atoms with van der Waals surface area (Å²) in [6.45, 7) is 0. The number of thiazole rings is 1. The van der Waals surface area contributed by atoms with E-state index >= 15 is 0 Å². The maximum absolute atomic E-state index is 12.7. The molecule has 0 aliphatic heterocycles. The van der Waals surface area contributed by atoms with Crippen molar-refractivity contribution in [2.24, 2.45) is 0 Å². The Bertz CT molecular complexity index is 915. The third-order valence-corrected chi connectivity index (χ3v) is 5.41. The zero-order valence-corrected chi connectivity index (χ0v) is 14.3. The molecule has 0 atom stereocenters. The largest absolute Gasteiger partial charge is 0.301 e. The summed E-state index contributed by atoms with van der Waals surface area (Å²) >= 11 is 1.21. The molecule has 1 saturated carbocycles. The van der Waals surface area contributed by atoms with Crippen LogP contribution in [0.15, 0.2) is 66.9 Å². The number of carbonyl (C=O) groups excluding carboxylic acids is 2. The Morgan fingerprint density at radius 2 is 1.60 bits per heavy atom. The Balaban J connectivity index is 1.50. The second-order valence-electron chi connectivity index (χ2n) is 6.13. The van der Waals surface area contributed by atoms with Crippen LogP contribution >= 0.6 is 11.3 Å². The van der Waals surface area contributed by atoms with E-state index in [0.717, 1.165) is 18.4 Å². The molecule has 0 saturated heterocycles. The lowest BCUT2D eigenvalue weighted by Crippen LogP contribution is -2.27. The standard InChI is InChI=1S/C20H16N2O2S/c23-17(14-7-3-1-4-8-14)16-13-21-19(25-16)22-18(24)20(11-12-20)15-9-5-2-6-10-15/h1-10,13H,11-12H2,(H,21,22,24). The highest BCUT2D eigenvalue weighted by molar-refractivity contribution is 7.17. The lowest BCUT2D eigenvalue weighted by molar-refractivity contribution is -0.118. The van der Waals surface area contributed by atoms with Gasteiger partial charge in [-0.25, -0.2) is 4.98 Å². The Morgan fingerprint density at radius 3 is 2.24 bits per heavy atom. The average molecular weight is 348 g/mol. The van der Waals surface area contributed by atoms with Gasteiger partial charge in [-0.2, -0.15) is 0 Å². The molecule has 3 aromatic rings. The zero-order chi connectivity index (χ0) is 17.3. The number of rotatable bonds is 5. The topological polar surface area (TPSA) is 59.1 Å². The third kappa shape index (κ3) is 2.98. The second-order valence-corrected chi connectivity index (χ2v) is 7.16. The summed E-state index contributed by atoms with van der Waals surface area (Å²) < 4.78 is 0. The summed E-state index contributed by atoms with van der Waals surface area (Å²) in [5, 5.41) is 3.35. The average Bonchev–Trinajstić information content (AvgIpc) is 3.36. The van der Waals surface area contributed by atoms with Crippen molar-refractivity contribution < 1.29 is 9.59 Å². The van der Waals surface area contributed by atoms with Gasteiger partial charge in [0.15, 0.2) is 5.13 Å². The molecule has 1 N–H and O–H groups in total. The van der Waals surface area contributed by atoms with Crippen LogP contribution in [0.1, 0.15) is 33.6 Å². The lowest BCUT2D eigenvalue weighted by atomic mass is 9.95. The molecular weight excluding hydrogens is 332 g/mol. The van der Waals surface area contributed by atoms with Gasteiger partial charge in [0.2, 0.25) is 11.7 Å². The fourth-order valence-corrected chi connectivity index (χ4v) is 3.69. The molecule has 1 aliphatic carbocycles. The molecule has 4 rings (SSSR count). The monoisotopic (exact) mass is 348 g/mol. The molecule has 1 aliphatic rings. The van der Waals surface area contributed by atoms with E-state index in [1.807, 2.05) is 48.5 Å². The molecule has 124 valence electrons. The van der Waals surface area contributed by atoms with Crippen molar-refractivity contribution in [1.82, 2.24) is 4.98 Å². The van der Waals surface area contributed by atoms with Gasteiger partial charge < -0.3 is 5.32 Å². The number of nitrogens with zero attached hydrogens (tertiary/aromatic N) is 1. The van der Waals surface area contributed by atoms with Gasteiger partial charge in [0.1, 0.15) is 0 Å². The van der Waals surface area contributed by atoms with E-state index in [1.165, 1.54) is 17.5 Å². The molecule has 1 amide bonds. The Hall–Kier alpha value is -2.79. The van der Waals surface area contributed by atoms with Crippen molar-refractivity contribution >= 4 is 28.2 Å². The SMILES string of the molecule is O=C(c1ccccc1)c1cnc(NC(=O)C2(c3ccccc3)CC2)s1. The maximum atomic E-state index is 12.7. The van der Waals surface area contributed by atoms with Crippen LogP contribution < -0.4 is 5.32 Å². The van der Waals surface area contributed by atoms with Crippen molar-refractivity contribution in [2.45, 2.75) is 18.3 Å². The second kappa shape index (κ2) is 6.26. The highest BCUT2D eigenvalue weighted by Crippen LogP contribution is 2.49. The van der Waals surface area contributed by atoms with E-state index in [2.05, 4.69) is 10.3 Å². The number of benzene rings is 2. The third-order valence-electron chi connectivity index (χ3n) is 4.50. The molecule has 4 nitrogen and oxygen atoms in total.